The van der Waals surface area contributed by atoms with Gasteiger partial charge in [0, 0.05) is 36.3 Å². The molecule has 4 N–H and O–H groups in total. The quantitative estimate of drug-likeness (QED) is 0.550. The zero-order valence-corrected chi connectivity index (χ0v) is 16.4. The van der Waals surface area contributed by atoms with Crippen LogP contribution in [0.15, 0.2) is 18.2 Å². The fraction of sp³-hybridized carbons (Fsp3) is 0.650. The number of halogens is 2. The van der Waals surface area contributed by atoms with Crippen molar-refractivity contribution in [2.75, 3.05) is 19.7 Å². The zero-order chi connectivity index (χ0) is 19.4. The van der Waals surface area contributed by atoms with E-state index in [-0.39, 0.29) is 28.6 Å². The number of amides is 1. The molecule has 0 spiro atoms. The van der Waals surface area contributed by atoms with E-state index in [0.717, 1.165) is 38.3 Å². The molecule has 4 saturated carbocycles. The average Bonchev–Trinajstić information content (AvgIpc) is 3.45. The molecule has 2 atom stereocenters. The lowest BCUT2D eigenvalue weighted by Gasteiger charge is -2.71. The molecule has 2 bridgehead atoms. The fourth-order valence-electron chi connectivity index (χ4n) is 5.14. The van der Waals surface area contributed by atoms with E-state index in [1.165, 1.54) is 25.0 Å². The van der Waals surface area contributed by atoms with Gasteiger partial charge in [-0.1, -0.05) is 11.6 Å². The first kappa shape index (κ1) is 18.6. The van der Waals surface area contributed by atoms with Crippen LogP contribution in [0.4, 0.5) is 4.39 Å². The van der Waals surface area contributed by atoms with E-state index in [4.69, 9.17) is 16.3 Å². The van der Waals surface area contributed by atoms with Crippen LogP contribution in [-0.4, -0.2) is 48.9 Å². The van der Waals surface area contributed by atoms with Crippen LogP contribution in [0.1, 0.15) is 32.1 Å². The number of carbonyl (C=O) groups excluding carboxylic acids is 1. The van der Waals surface area contributed by atoms with Crippen LogP contribution in [0.2, 0.25) is 5.02 Å². The van der Waals surface area contributed by atoms with Gasteiger partial charge >= 0.3 is 0 Å². The van der Waals surface area contributed by atoms with Crippen molar-refractivity contribution in [1.29, 1.82) is 0 Å². The predicted molar refractivity (Wildman–Crippen MR) is 104 cm³/mol. The Hall–Kier alpha value is -1.41. The number of hydrogen-bond acceptors (Lipinski definition) is 5. The topological polar surface area (TPSA) is 74.4 Å². The van der Waals surface area contributed by atoms with Gasteiger partial charge in [0.25, 0.3) is 5.91 Å². The summed E-state index contributed by atoms with van der Waals surface area (Å²) in [6, 6.07) is 4.75. The molecule has 1 aromatic carbocycles. The summed E-state index contributed by atoms with van der Waals surface area (Å²) in [4.78, 5) is 12.2. The standard InChI is InChI=1S/C20H26ClFN4O2/c21-14-4-3-13(5-15(14)22)28-8-18(27)26-20-9-19(10-20,11-20)25-17-7-23-6-16(24-17)12-1-2-12/h3-5,12,16-17,23-25H,1-2,6-11H2,(H,26,27). The summed E-state index contributed by atoms with van der Waals surface area (Å²) in [7, 11) is 0. The lowest BCUT2D eigenvalue weighted by Crippen LogP contribution is -2.85. The minimum atomic E-state index is -0.554. The summed E-state index contributed by atoms with van der Waals surface area (Å²) in [6.07, 6.45) is 5.85. The largest absolute Gasteiger partial charge is 0.484 e. The Kier molecular flexibility index (Phi) is 4.54. The summed E-state index contributed by atoms with van der Waals surface area (Å²) in [5, 5.41) is 14.2. The van der Waals surface area contributed by atoms with Crippen molar-refractivity contribution < 1.29 is 13.9 Å². The van der Waals surface area contributed by atoms with Gasteiger partial charge in [0.05, 0.1) is 11.2 Å². The van der Waals surface area contributed by atoms with Crippen molar-refractivity contribution in [2.45, 2.75) is 55.4 Å². The third kappa shape index (κ3) is 3.61. The SMILES string of the molecule is O=C(COc1ccc(Cl)c(F)c1)NC12CC(NC3CNCC(C4CC4)N3)(C1)C2. The fourth-order valence-corrected chi connectivity index (χ4v) is 5.26. The summed E-state index contributed by atoms with van der Waals surface area (Å²) in [6.45, 7) is 1.88. The van der Waals surface area contributed by atoms with Gasteiger partial charge in [0.15, 0.2) is 6.61 Å². The van der Waals surface area contributed by atoms with Crippen molar-refractivity contribution in [2.24, 2.45) is 5.92 Å². The highest BCUT2D eigenvalue weighted by Crippen LogP contribution is 2.60. The van der Waals surface area contributed by atoms with Gasteiger partial charge in [-0.15, -0.1) is 0 Å². The number of carbonyl (C=O) groups is 1. The van der Waals surface area contributed by atoms with Gasteiger partial charge in [-0.05, 0) is 50.2 Å². The molecule has 0 radical (unpaired) electrons. The van der Waals surface area contributed by atoms with Crippen LogP contribution < -0.4 is 26.0 Å². The van der Waals surface area contributed by atoms with E-state index >= 15 is 0 Å². The first-order chi connectivity index (χ1) is 13.4. The Morgan fingerprint density at radius 1 is 1.25 bits per heavy atom. The molecule has 4 aliphatic carbocycles. The van der Waals surface area contributed by atoms with Crippen LogP contribution >= 0.6 is 11.6 Å². The second-order valence-electron chi connectivity index (χ2n) is 8.97. The molecular formula is C20H26ClFN4O2. The lowest BCUT2D eigenvalue weighted by molar-refractivity contribution is -0.145. The maximum absolute atomic E-state index is 13.4. The third-order valence-corrected chi connectivity index (χ3v) is 6.80. The van der Waals surface area contributed by atoms with Crippen molar-refractivity contribution in [3.63, 3.8) is 0 Å². The van der Waals surface area contributed by atoms with Crippen LogP contribution in [0.3, 0.4) is 0 Å². The number of hydrogen-bond donors (Lipinski definition) is 4. The van der Waals surface area contributed by atoms with Gasteiger partial charge in [0.1, 0.15) is 11.6 Å². The number of ether oxygens (including phenoxy) is 1. The highest BCUT2D eigenvalue weighted by molar-refractivity contribution is 6.30. The molecule has 1 aliphatic heterocycles. The Bertz CT molecular complexity index is 768. The molecule has 0 aromatic heterocycles. The Balaban J connectivity index is 1.05. The van der Waals surface area contributed by atoms with Gasteiger partial charge in [-0.2, -0.15) is 0 Å². The van der Waals surface area contributed by atoms with E-state index in [0.29, 0.717) is 18.0 Å². The summed E-state index contributed by atoms with van der Waals surface area (Å²) in [5.41, 5.74) is 0.0505. The smallest absolute Gasteiger partial charge is 0.258 e. The zero-order valence-electron chi connectivity index (χ0n) is 15.7. The van der Waals surface area contributed by atoms with Crippen LogP contribution in [0.25, 0.3) is 0 Å². The molecule has 2 unspecified atom stereocenters. The Labute approximate surface area is 168 Å². The van der Waals surface area contributed by atoms with E-state index < -0.39 is 5.82 Å². The normalized spacial score (nSPS) is 36.2. The van der Waals surface area contributed by atoms with Gasteiger partial charge in [-0.25, -0.2) is 4.39 Å². The minimum Gasteiger partial charge on any atom is -0.484 e. The molecule has 6 rings (SSSR count). The molecule has 5 fully saturated rings. The van der Waals surface area contributed by atoms with Gasteiger partial charge in [-0.3, -0.25) is 15.4 Å². The van der Waals surface area contributed by atoms with Crippen molar-refractivity contribution in [3.05, 3.63) is 29.0 Å². The first-order valence-electron chi connectivity index (χ1n) is 10.1. The molecule has 6 nitrogen and oxygen atoms in total. The molecule has 8 heteroatoms. The third-order valence-electron chi connectivity index (χ3n) is 6.50. The average molecular weight is 409 g/mol. The van der Waals surface area contributed by atoms with E-state index in [1.807, 2.05) is 0 Å². The predicted octanol–water partition coefficient (Wildman–Crippen LogP) is 1.54. The Morgan fingerprint density at radius 3 is 2.75 bits per heavy atom. The van der Waals surface area contributed by atoms with Gasteiger partial charge < -0.3 is 15.4 Å². The summed E-state index contributed by atoms with van der Waals surface area (Å²) >= 11 is 5.65. The minimum absolute atomic E-state index is 0.0366. The summed E-state index contributed by atoms with van der Waals surface area (Å²) < 4.78 is 18.8. The molecule has 152 valence electrons. The number of nitrogens with one attached hydrogen (secondary N) is 4. The van der Waals surface area contributed by atoms with Gasteiger partial charge in [0.2, 0.25) is 0 Å². The van der Waals surface area contributed by atoms with Crippen LogP contribution in [0.5, 0.6) is 5.75 Å². The molecular weight excluding hydrogens is 383 g/mol. The molecule has 1 amide bonds. The van der Waals surface area contributed by atoms with E-state index in [1.54, 1.807) is 6.07 Å². The van der Waals surface area contributed by atoms with Crippen molar-refractivity contribution in [1.82, 2.24) is 21.3 Å². The van der Waals surface area contributed by atoms with Crippen LogP contribution in [-0.2, 0) is 4.79 Å². The summed E-state index contributed by atoms with van der Waals surface area (Å²) in [5.74, 6) is 0.412. The van der Waals surface area contributed by atoms with Crippen molar-refractivity contribution in [3.8, 4) is 5.75 Å². The highest BCUT2D eigenvalue weighted by atomic mass is 35.5. The molecule has 1 heterocycles. The molecule has 5 aliphatic rings. The number of rotatable bonds is 7. The van der Waals surface area contributed by atoms with E-state index in [9.17, 15) is 9.18 Å². The highest BCUT2D eigenvalue weighted by Gasteiger charge is 2.68. The number of benzene rings is 1. The second-order valence-corrected chi connectivity index (χ2v) is 9.38. The second kappa shape index (κ2) is 6.83. The monoisotopic (exact) mass is 408 g/mol. The molecule has 1 saturated heterocycles. The molecule has 28 heavy (non-hydrogen) atoms. The van der Waals surface area contributed by atoms with Crippen molar-refractivity contribution >= 4 is 17.5 Å². The maximum atomic E-state index is 13.4. The van der Waals surface area contributed by atoms with Crippen LogP contribution in [0, 0.1) is 11.7 Å². The lowest BCUT2D eigenvalue weighted by atomic mass is 9.44. The number of piperazine rings is 1. The maximum Gasteiger partial charge on any atom is 0.258 e. The van der Waals surface area contributed by atoms with E-state index in [2.05, 4.69) is 21.3 Å². The Morgan fingerprint density at radius 2 is 2.04 bits per heavy atom. The molecule has 1 aromatic rings. The first-order valence-corrected chi connectivity index (χ1v) is 10.5.